The third-order valence-corrected chi connectivity index (χ3v) is 4.33. The lowest BCUT2D eigenvalue weighted by molar-refractivity contribution is 0.121. The van der Waals surface area contributed by atoms with Crippen molar-refractivity contribution in [3.63, 3.8) is 0 Å². The molecule has 2 rings (SSSR count). The highest BCUT2D eigenvalue weighted by Gasteiger charge is 2.28. The molecule has 0 aromatic carbocycles. The van der Waals surface area contributed by atoms with E-state index in [0.717, 1.165) is 32.7 Å². The van der Waals surface area contributed by atoms with Crippen LogP contribution >= 0.6 is 0 Å². The largest absolute Gasteiger partial charge is 0.333 e. The Hall–Kier alpha value is -0.870. The zero-order valence-electron chi connectivity index (χ0n) is 13.7. The third-order valence-electron chi connectivity index (χ3n) is 4.33. The molecule has 0 amide bonds. The van der Waals surface area contributed by atoms with Crippen LogP contribution in [0.1, 0.15) is 46.9 Å². The molecule has 4 heteroatoms. The minimum absolute atomic E-state index is 0.189. The molecule has 1 unspecified atom stereocenters. The smallest absolute Gasteiger partial charge is 0.122 e. The molecule has 1 aliphatic rings. The molecule has 4 nitrogen and oxygen atoms in total. The fraction of sp³-hybridized carbons (Fsp3) is 0.812. The Bertz CT molecular complexity index is 432. The third kappa shape index (κ3) is 4.06. The minimum atomic E-state index is 0.189. The average molecular weight is 278 g/mol. The Morgan fingerprint density at radius 2 is 2.00 bits per heavy atom. The molecule has 1 N–H and O–H groups in total. The van der Waals surface area contributed by atoms with Crippen LogP contribution in [0.3, 0.4) is 0 Å². The molecular formula is C16H30N4. The standard InChI is InChI=1S/C16H30N4/c1-6-16(5,12-18-15(2,3)4)13-19-9-10-20-8-7-17-14(20)11-19/h7-8,18H,6,9-13H2,1-5H3. The number of aromatic nitrogens is 2. The number of hydrogen-bond donors (Lipinski definition) is 1. The summed E-state index contributed by atoms with van der Waals surface area (Å²) in [4.78, 5) is 7.01. The van der Waals surface area contributed by atoms with E-state index in [-0.39, 0.29) is 5.54 Å². The van der Waals surface area contributed by atoms with Crippen molar-refractivity contribution in [2.75, 3.05) is 19.6 Å². The molecule has 0 aliphatic carbocycles. The Kier molecular flexibility index (Phi) is 4.55. The van der Waals surface area contributed by atoms with Gasteiger partial charge in [-0.15, -0.1) is 0 Å². The van der Waals surface area contributed by atoms with Crippen LogP contribution in [0, 0.1) is 5.41 Å². The van der Waals surface area contributed by atoms with E-state index in [2.05, 4.69) is 60.6 Å². The van der Waals surface area contributed by atoms with Crippen molar-refractivity contribution in [2.24, 2.45) is 5.41 Å². The van der Waals surface area contributed by atoms with E-state index in [4.69, 9.17) is 0 Å². The van der Waals surface area contributed by atoms with Crippen molar-refractivity contribution in [2.45, 2.75) is 59.7 Å². The molecule has 0 spiro atoms. The number of imidazole rings is 1. The summed E-state index contributed by atoms with van der Waals surface area (Å²) in [7, 11) is 0. The van der Waals surface area contributed by atoms with Crippen molar-refractivity contribution < 1.29 is 0 Å². The molecular weight excluding hydrogens is 248 g/mol. The van der Waals surface area contributed by atoms with Gasteiger partial charge in [0.1, 0.15) is 5.82 Å². The molecule has 0 bridgehead atoms. The van der Waals surface area contributed by atoms with Gasteiger partial charge in [0.15, 0.2) is 0 Å². The Balaban J connectivity index is 1.93. The lowest BCUT2D eigenvalue weighted by atomic mass is 9.85. The second-order valence-electron chi connectivity index (χ2n) is 7.52. The first-order chi connectivity index (χ1) is 9.31. The van der Waals surface area contributed by atoms with E-state index < -0.39 is 0 Å². The van der Waals surface area contributed by atoms with E-state index in [9.17, 15) is 0 Å². The highest BCUT2D eigenvalue weighted by atomic mass is 15.2. The van der Waals surface area contributed by atoms with Gasteiger partial charge < -0.3 is 9.88 Å². The molecule has 1 aliphatic heterocycles. The molecule has 20 heavy (non-hydrogen) atoms. The van der Waals surface area contributed by atoms with Gasteiger partial charge in [-0.3, -0.25) is 4.90 Å². The topological polar surface area (TPSA) is 33.1 Å². The predicted molar refractivity (Wildman–Crippen MR) is 83.7 cm³/mol. The number of rotatable bonds is 5. The van der Waals surface area contributed by atoms with Gasteiger partial charge in [-0.05, 0) is 32.6 Å². The van der Waals surface area contributed by atoms with Gasteiger partial charge in [-0.1, -0.05) is 13.8 Å². The first-order valence-corrected chi connectivity index (χ1v) is 7.79. The van der Waals surface area contributed by atoms with Crippen molar-refractivity contribution in [3.8, 4) is 0 Å². The highest BCUT2D eigenvalue weighted by Crippen LogP contribution is 2.24. The van der Waals surface area contributed by atoms with E-state index in [1.165, 1.54) is 12.2 Å². The van der Waals surface area contributed by atoms with Crippen LogP contribution in [0.4, 0.5) is 0 Å². The van der Waals surface area contributed by atoms with Crippen molar-refractivity contribution in [1.29, 1.82) is 0 Å². The normalized spacial score (nSPS) is 19.6. The quantitative estimate of drug-likeness (QED) is 0.898. The van der Waals surface area contributed by atoms with Gasteiger partial charge in [0, 0.05) is 44.1 Å². The summed E-state index contributed by atoms with van der Waals surface area (Å²) in [5, 5.41) is 3.67. The lowest BCUT2D eigenvalue weighted by Gasteiger charge is -2.38. The second-order valence-corrected chi connectivity index (χ2v) is 7.52. The number of hydrogen-bond acceptors (Lipinski definition) is 3. The minimum Gasteiger partial charge on any atom is -0.333 e. The molecule has 2 heterocycles. The monoisotopic (exact) mass is 278 g/mol. The van der Waals surface area contributed by atoms with Crippen LogP contribution in [-0.4, -0.2) is 39.6 Å². The first kappa shape index (κ1) is 15.5. The van der Waals surface area contributed by atoms with Crippen LogP contribution in [0.25, 0.3) is 0 Å². The number of nitrogens with zero attached hydrogens (tertiary/aromatic N) is 3. The van der Waals surface area contributed by atoms with Crippen molar-refractivity contribution >= 4 is 0 Å². The zero-order valence-corrected chi connectivity index (χ0v) is 13.7. The summed E-state index contributed by atoms with van der Waals surface area (Å²) in [6, 6.07) is 0. The van der Waals surface area contributed by atoms with Crippen LogP contribution in [0.5, 0.6) is 0 Å². The molecule has 1 atom stereocenters. The van der Waals surface area contributed by atoms with Crippen LogP contribution < -0.4 is 5.32 Å². The van der Waals surface area contributed by atoms with E-state index in [1.54, 1.807) is 0 Å². The Morgan fingerprint density at radius 1 is 1.25 bits per heavy atom. The zero-order chi connectivity index (χ0) is 14.8. The van der Waals surface area contributed by atoms with E-state index in [0.29, 0.717) is 5.41 Å². The van der Waals surface area contributed by atoms with Gasteiger partial charge in [-0.2, -0.15) is 0 Å². The Morgan fingerprint density at radius 3 is 2.65 bits per heavy atom. The summed E-state index contributed by atoms with van der Waals surface area (Å²) in [5.41, 5.74) is 0.511. The van der Waals surface area contributed by atoms with Crippen molar-refractivity contribution in [1.82, 2.24) is 19.8 Å². The fourth-order valence-electron chi connectivity index (χ4n) is 2.67. The molecule has 0 saturated carbocycles. The molecule has 114 valence electrons. The summed E-state index contributed by atoms with van der Waals surface area (Å²) < 4.78 is 2.27. The maximum absolute atomic E-state index is 4.45. The summed E-state index contributed by atoms with van der Waals surface area (Å²) in [6.07, 6.45) is 5.20. The number of fused-ring (bicyclic) bond motifs is 1. The molecule has 1 aromatic rings. The molecule has 0 fully saturated rings. The van der Waals surface area contributed by atoms with Crippen molar-refractivity contribution in [3.05, 3.63) is 18.2 Å². The lowest BCUT2D eigenvalue weighted by Crippen LogP contribution is -2.48. The van der Waals surface area contributed by atoms with Gasteiger partial charge in [0.2, 0.25) is 0 Å². The average Bonchev–Trinajstić information content (AvgIpc) is 2.83. The maximum atomic E-state index is 4.45. The Labute approximate surface area is 123 Å². The predicted octanol–water partition coefficient (Wildman–Crippen LogP) is 2.50. The summed E-state index contributed by atoms with van der Waals surface area (Å²) >= 11 is 0. The fourth-order valence-corrected chi connectivity index (χ4v) is 2.67. The van der Waals surface area contributed by atoms with Crippen LogP contribution in [-0.2, 0) is 13.1 Å². The van der Waals surface area contributed by atoms with E-state index in [1.807, 2.05) is 6.20 Å². The SMILES string of the molecule is CCC(C)(CNC(C)(C)C)CN1CCn2ccnc2C1. The highest BCUT2D eigenvalue weighted by molar-refractivity contribution is 4.96. The van der Waals surface area contributed by atoms with Gasteiger partial charge >= 0.3 is 0 Å². The maximum Gasteiger partial charge on any atom is 0.122 e. The number of nitrogens with one attached hydrogen (secondary N) is 1. The summed E-state index contributed by atoms with van der Waals surface area (Å²) in [6.45, 7) is 16.8. The van der Waals surface area contributed by atoms with E-state index >= 15 is 0 Å². The summed E-state index contributed by atoms with van der Waals surface area (Å²) in [5.74, 6) is 1.21. The molecule has 0 radical (unpaired) electrons. The van der Waals surface area contributed by atoms with Gasteiger partial charge in [-0.25, -0.2) is 4.98 Å². The first-order valence-electron chi connectivity index (χ1n) is 7.79. The van der Waals surface area contributed by atoms with Gasteiger partial charge in [0.25, 0.3) is 0 Å². The molecule has 0 saturated heterocycles. The van der Waals surface area contributed by atoms with Crippen LogP contribution in [0.2, 0.25) is 0 Å². The van der Waals surface area contributed by atoms with Gasteiger partial charge in [0.05, 0.1) is 6.54 Å². The second kappa shape index (κ2) is 5.86. The van der Waals surface area contributed by atoms with Crippen LogP contribution in [0.15, 0.2) is 12.4 Å². The molecule has 1 aromatic heterocycles.